The van der Waals surface area contributed by atoms with Gasteiger partial charge in [0.2, 0.25) is 0 Å². The zero-order valence-corrected chi connectivity index (χ0v) is 11.5. The third-order valence-electron chi connectivity index (χ3n) is 3.12. The molecule has 0 aliphatic carbocycles. The number of aromatic nitrogens is 2. The van der Waals surface area contributed by atoms with Crippen LogP contribution in [-0.4, -0.2) is 9.97 Å². The van der Waals surface area contributed by atoms with Crippen LogP contribution in [-0.2, 0) is 0 Å². The van der Waals surface area contributed by atoms with Crippen LogP contribution in [0.5, 0.6) is 0 Å². The Balaban J connectivity index is 2.27. The molecule has 3 aromatic rings. The van der Waals surface area contributed by atoms with Crippen LogP contribution < -0.4 is 0 Å². The van der Waals surface area contributed by atoms with Crippen molar-refractivity contribution in [3.8, 4) is 11.4 Å². The SMILES string of the molecule is Cc1cc(F)ccc1-c1nc(Cl)c2cc(F)c(F)cc2n1. The van der Waals surface area contributed by atoms with Gasteiger partial charge >= 0.3 is 0 Å². The third kappa shape index (κ3) is 2.45. The van der Waals surface area contributed by atoms with Crippen molar-refractivity contribution >= 4 is 22.5 Å². The number of benzene rings is 2. The largest absolute Gasteiger partial charge is 0.228 e. The standard InChI is InChI=1S/C15H8ClF3N2/c1-7-4-8(17)2-3-9(7)15-20-13-6-12(19)11(18)5-10(13)14(16)21-15/h2-6H,1H3. The van der Waals surface area contributed by atoms with Gasteiger partial charge < -0.3 is 0 Å². The molecule has 0 saturated carbocycles. The van der Waals surface area contributed by atoms with Gasteiger partial charge in [-0.25, -0.2) is 23.1 Å². The highest BCUT2D eigenvalue weighted by atomic mass is 35.5. The molecule has 1 aromatic heterocycles. The minimum Gasteiger partial charge on any atom is -0.228 e. The van der Waals surface area contributed by atoms with Crippen molar-refractivity contribution in [3.63, 3.8) is 0 Å². The summed E-state index contributed by atoms with van der Waals surface area (Å²) in [4.78, 5) is 8.25. The number of fused-ring (bicyclic) bond motifs is 1. The highest BCUT2D eigenvalue weighted by molar-refractivity contribution is 6.34. The maximum absolute atomic E-state index is 13.3. The van der Waals surface area contributed by atoms with Crippen molar-refractivity contribution in [3.05, 3.63) is 58.5 Å². The van der Waals surface area contributed by atoms with Gasteiger partial charge in [-0.1, -0.05) is 11.6 Å². The maximum atomic E-state index is 13.3. The fourth-order valence-electron chi connectivity index (χ4n) is 2.08. The van der Waals surface area contributed by atoms with E-state index in [4.69, 9.17) is 11.6 Å². The van der Waals surface area contributed by atoms with Gasteiger partial charge in [0.1, 0.15) is 11.0 Å². The van der Waals surface area contributed by atoms with Crippen molar-refractivity contribution in [1.82, 2.24) is 9.97 Å². The second-order valence-corrected chi connectivity index (χ2v) is 4.94. The van der Waals surface area contributed by atoms with Crippen LogP contribution in [0.1, 0.15) is 5.56 Å². The van der Waals surface area contributed by atoms with Crippen LogP contribution in [0, 0.1) is 24.4 Å². The van der Waals surface area contributed by atoms with Crippen LogP contribution >= 0.6 is 11.6 Å². The lowest BCUT2D eigenvalue weighted by Crippen LogP contribution is -1.96. The lowest BCUT2D eigenvalue weighted by Gasteiger charge is -2.07. The Morgan fingerprint density at radius 1 is 0.952 bits per heavy atom. The molecule has 1 heterocycles. The molecule has 0 aliphatic rings. The number of hydrogen-bond acceptors (Lipinski definition) is 2. The highest BCUT2D eigenvalue weighted by Crippen LogP contribution is 2.28. The molecule has 0 amide bonds. The Kier molecular flexibility index (Phi) is 3.29. The van der Waals surface area contributed by atoms with E-state index in [1.54, 1.807) is 6.92 Å². The molecule has 0 spiro atoms. The van der Waals surface area contributed by atoms with E-state index in [-0.39, 0.29) is 27.7 Å². The van der Waals surface area contributed by atoms with Gasteiger partial charge in [0.25, 0.3) is 0 Å². The van der Waals surface area contributed by atoms with E-state index in [0.29, 0.717) is 11.1 Å². The van der Waals surface area contributed by atoms with Gasteiger partial charge in [0, 0.05) is 17.0 Å². The molecule has 3 rings (SSSR count). The van der Waals surface area contributed by atoms with E-state index < -0.39 is 11.6 Å². The molecule has 0 aliphatic heterocycles. The topological polar surface area (TPSA) is 25.8 Å². The van der Waals surface area contributed by atoms with Crippen molar-refractivity contribution in [2.75, 3.05) is 0 Å². The fraction of sp³-hybridized carbons (Fsp3) is 0.0667. The third-order valence-corrected chi connectivity index (χ3v) is 3.41. The van der Waals surface area contributed by atoms with Gasteiger partial charge in [0.05, 0.1) is 5.52 Å². The molecule has 0 unspecified atom stereocenters. The van der Waals surface area contributed by atoms with E-state index in [1.807, 2.05) is 0 Å². The fourth-order valence-corrected chi connectivity index (χ4v) is 2.32. The molecule has 0 atom stereocenters. The summed E-state index contributed by atoms with van der Waals surface area (Å²) < 4.78 is 39.7. The van der Waals surface area contributed by atoms with Crippen molar-refractivity contribution in [1.29, 1.82) is 0 Å². The van der Waals surface area contributed by atoms with Gasteiger partial charge in [-0.3, -0.25) is 0 Å². The minimum absolute atomic E-state index is 0.0117. The number of aryl methyl sites for hydroxylation is 1. The molecule has 0 fully saturated rings. The van der Waals surface area contributed by atoms with E-state index >= 15 is 0 Å². The molecular formula is C15H8ClF3N2. The highest BCUT2D eigenvalue weighted by Gasteiger charge is 2.13. The summed E-state index contributed by atoms with van der Waals surface area (Å²) in [5.41, 5.74) is 1.38. The smallest absolute Gasteiger partial charge is 0.161 e. The van der Waals surface area contributed by atoms with Crippen LogP contribution in [0.25, 0.3) is 22.3 Å². The predicted octanol–water partition coefficient (Wildman–Crippen LogP) is 4.68. The molecule has 2 aromatic carbocycles. The number of hydrogen-bond donors (Lipinski definition) is 0. The number of halogens is 4. The summed E-state index contributed by atoms with van der Waals surface area (Å²) in [6.07, 6.45) is 0. The molecule has 0 bridgehead atoms. The summed E-state index contributed by atoms with van der Waals surface area (Å²) in [6.45, 7) is 1.70. The lowest BCUT2D eigenvalue weighted by atomic mass is 10.1. The minimum atomic E-state index is -1.02. The summed E-state index contributed by atoms with van der Waals surface area (Å²) >= 11 is 6.01. The average Bonchev–Trinajstić information content (AvgIpc) is 2.41. The van der Waals surface area contributed by atoms with Crippen molar-refractivity contribution in [2.45, 2.75) is 6.92 Å². The van der Waals surface area contributed by atoms with Gasteiger partial charge in [-0.2, -0.15) is 0 Å². The first-order valence-electron chi connectivity index (χ1n) is 6.04. The summed E-state index contributed by atoms with van der Waals surface area (Å²) in [7, 11) is 0. The Bertz CT molecular complexity index is 865. The van der Waals surface area contributed by atoms with Crippen molar-refractivity contribution < 1.29 is 13.2 Å². The van der Waals surface area contributed by atoms with Crippen LogP contribution in [0.2, 0.25) is 5.15 Å². The Hall–Kier alpha value is -2.14. The van der Waals surface area contributed by atoms with E-state index in [9.17, 15) is 13.2 Å². The first kappa shape index (κ1) is 13.8. The van der Waals surface area contributed by atoms with Crippen LogP contribution in [0.15, 0.2) is 30.3 Å². The van der Waals surface area contributed by atoms with Crippen LogP contribution in [0.4, 0.5) is 13.2 Å². The molecule has 0 saturated heterocycles. The van der Waals surface area contributed by atoms with Gasteiger partial charge in [-0.15, -0.1) is 0 Å². The van der Waals surface area contributed by atoms with E-state index in [0.717, 1.165) is 12.1 Å². The first-order chi connectivity index (χ1) is 9.95. The van der Waals surface area contributed by atoms with Gasteiger partial charge in [0.15, 0.2) is 17.5 Å². The maximum Gasteiger partial charge on any atom is 0.161 e. The molecule has 21 heavy (non-hydrogen) atoms. The number of rotatable bonds is 1. The quantitative estimate of drug-likeness (QED) is 0.610. The second-order valence-electron chi connectivity index (χ2n) is 4.58. The molecule has 2 nitrogen and oxygen atoms in total. The predicted molar refractivity (Wildman–Crippen MR) is 74.6 cm³/mol. The summed E-state index contributed by atoms with van der Waals surface area (Å²) in [5.74, 6) is -2.18. The van der Waals surface area contributed by atoms with Crippen molar-refractivity contribution in [2.24, 2.45) is 0 Å². The Labute approximate surface area is 123 Å². The lowest BCUT2D eigenvalue weighted by molar-refractivity contribution is 0.510. The molecular weight excluding hydrogens is 301 g/mol. The summed E-state index contributed by atoms with van der Waals surface area (Å²) in [5, 5.41) is 0.233. The number of nitrogens with zero attached hydrogens (tertiary/aromatic N) is 2. The molecule has 0 N–H and O–H groups in total. The van der Waals surface area contributed by atoms with E-state index in [2.05, 4.69) is 9.97 Å². The zero-order valence-electron chi connectivity index (χ0n) is 10.8. The Morgan fingerprint density at radius 3 is 2.38 bits per heavy atom. The van der Waals surface area contributed by atoms with Gasteiger partial charge in [-0.05, 0) is 36.8 Å². The van der Waals surface area contributed by atoms with E-state index in [1.165, 1.54) is 18.2 Å². The van der Waals surface area contributed by atoms with Crippen LogP contribution in [0.3, 0.4) is 0 Å². The monoisotopic (exact) mass is 308 g/mol. The first-order valence-corrected chi connectivity index (χ1v) is 6.42. The molecule has 106 valence electrons. The normalized spacial score (nSPS) is 11.1. The molecule has 6 heteroatoms. The summed E-state index contributed by atoms with van der Waals surface area (Å²) in [6, 6.07) is 6.04. The second kappa shape index (κ2) is 5.00. The average molecular weight is 309 g/mol. The Morgan fingerprint density at radius 2 is 1.67 bits per heavy atom. The molecule has 0 radical (unpaired) electrons. The zero-order chi connectivity index (χ0) is 15.1.